The molecule has 13 heavy (non-hydrogen) atoms. The smallest absolute Gasteiger partial charge is 0.101 e. The zero-order valence-corrected chi connectivity index (χ0v) is 8.10. The van der Waals surface area contributed by atoms with Crippen molar-refractivity contribution in [3.8, 4) is 0 Å². The van der Waals surface area contributed by atoms with Crippen LogP contribution < -0.4 is 0 Å². The lowest BCUT2D eigenvalue weighted by Gasteiger charge is -2.24. The van der Waals surface area contributed by atoms with Crippen LogP contribution in [0.2, 0.25) is 0 Å². The molecule has 0 saturated carbocycles. The Morgan fingerprint density at radius 3 is 3.23 bits per heavy atom. The third-order valence-corrected chi connectivity index (χ3v) is 2.25. The highest BCUT2D eigenvalue weighted by molar-refractivity contribution is 5.01. The molecule has 4 heteroatoms. The Morgan fingerprint density at radius 2 is 2.46 bits per heavy atom. The van der Waals surface area contributed by atoms with E-state index in [0.29, 0.717) is 0 Å². The van der Waals surface area contributed by atoms with Crippen LogP contribution in [0, 0.1) is 0 Å². The number of aryl methyl sites for hydroxylation is 1. The van der Waals surface area contributed by atoms with E-state index in [-0.39, 0.29) is 12.2 Å². The van der Waals surface area contributed by atoms with Crippen LogP contribution in [0.3, 0.4) is 0 Å². The molecule has 0 aromatic carbocycles. The fraction of sp³-hybridized carbons (Fsp3) is 0.778. The zero-order valence-electron chi connectivity index (χ0n) is 8.10. The Morgan fingerprint density at radius 1 is 1.62 bits per heavy atom. The van der Waals surface area contributed by atoms with Gasteiger partial charge in [-0.2, -0.15) is 0 Å². The molecule has 1 atom stereocenters. The number of hydrogen-bond acceptors (Lipinski definition) is 3. The van der Waals surface area contributed by atoms with E-state index in [9.17, 15) is 0 Å². The third-order valence-electron chi connectivity index (χ3n) is 2.25. The van der Waals surface area contributed by atoms with Crippen molar-refractivity contribution in [2.75, 3.05) is 0 Å². The molecule has 1 aliphatic rings. The van der Waals surface area contributed by atoms with Gasteiger partial charge in [-0.3, -0.25) is 0 Å². The van der Waals surface area contributed by atoms with Crippen LogP contribution in [0.1, 0.15) is 38.5 Å². The van der Waals surface area contributed by atoms with E-state index in [2.05, 4.69) is 24.2 Å². The Bertz CT molecular complexity index is 282. The van der Waals surface area contributed by atoms with E-state index in [1.54, 1.807) is 0 Å². The van der Waals surface area contributed by atoms with Crippen LogP contribution in [0.15, 0.2) is 6.20 Å². The monoisotopic (exact) mass is 181 g/mol. The molecular weight excluding hydrogens is 166 g/mol. The second-order valence-corrected chi connectivity index (χ2v) is 3.70. The first-order valence-electron chi connectivity index (χ1n) is 4.81. The van der Waals surface area contributed by atoms with Crippen LogP contribution in [0.25, 0.3) is 0 Å². The summed E-state index contributed by atoms with van der Waals surface area (Å²) in [5.74, 6) is 0. The fourth-order valence-corrected chi connectivity index (χ4v) is 1.73. The van der Waals surface area contributed by atoms with Gasteiger partial charge < -0.3 is 4.74 Å². The molecule has 0 amide bonds. The summed E-state index contributed by atoms with van der Waals surface area (Å²) in [6.45, 7) is 5.10. The van der Waals surface area contributed by atoms with Gasteiger partial charge in [0.1, 0.15) is 6.10 Å². The average molecular weight is 181 g/mol. The van der Waals surface area contributed by atoms with Crippen LogP contribution in [-0.4, -0.2) is 21.1 Å². The van der Waals surface area contributed by atoms with Gasteiger partial charge in [0.25, 0.3) is 0 Å². The minimum absolute atomic E-state index is 0.198. The van der Waals surface area contributed by atoms with Crippen molar-refractivity contribution in [3.05, 3.63) is 11.9 Å². The summed E-state index contributed by atoms with van der Waals surface area (Å²) in [7, 11) is 0. The van der Waals surface area contributed by atoms with E-state index in [1.807, 2.05) is 10.9 Å². The van der Waals surface area contributed by atoms with Gasteiger partial charge in [0.2, 0.25) is 0 Å². The summed E-state index contributed by atoms with van der Waals surface area (Å²) in [5, 5.41) is 7.90. The van der Waals surface area contributed by atoms with Crippen molar-refractivity contribution < 1.29 is 4.74 Å². The van der Waals surface area contributed by atoms with E-state index < -0.39 is 0 Å². The fourth-order valence-electron chi connectivity index (χ4n) is 1.73. The number of nitrogens with zero attached hydrogens (tertiary/aromatic N) is 3. The molecule has 1 unspecified atom stereocenters. The van der Waals surface area contributed by atoms with Gasteiger partial charge in [-0.25, -0.2) is 4.68 Å². The van der Waals surface area contributed by atoms with Gasteiger partial charge in [0.05, 0.1) is 18.0 Å². The van der Waals surface area contributed by atoms with Crippen molar-refractivity contribution in [1.82, 2.24) is 15.0 Å². The zero-order chi connectivity index (χ0) is 9.26. The molecule has 0 bridgehead atoms. The lowest BCUT2D eigenvalue weighted by atomic mass is 10.1. The highest BCUT2D eigenvalue weighted by atomic mass is 16.5. The van der Waals surface area contributed by atoms with Crippen molar-refractivity contribution >= 4 is 0 Å². The van der Waals surface area contributed by atoms with Gasteiger partial charge in [0, 0.05) is 6.54 Å². The topological polar surface area (TPSA) is 39.9 Å². The summed E-state index contributed by atoms with van der Waals surface area (Å²) in [6.07, 6.45) is 4.50. The van der Waals surface area contributed by atoms with Crippen molar-refractivity contribution in [2.24, 2.45) is 0 Å². The summed E-state index contributed by atoms with van der Waals surface area (Å²) in [5.41, 5.74) is 1.12. The number of ether oxygens (including phenoxy) is 1. The molecule has 0 spiro atoms. The number of hydrogen-bond donors (Lipinski definition) is 0. The van der Waals surface area contributed by atoms with Gasteiger partial charge in [-0.05, 0) is 26.7 Å². The molecular formula is C9H15N3O. The molecule has 1 aliphatic heterocycles. The third kappa shape index (κ3) is 1.72. The molecule has 0 aliphatic carbocycles. The highest BCUT2D eigenvalue weighted by Crippen LogP contribution is 2.27. The maximum Gasteiger partial charge on any atom is 0.101 e. The molecule has 0 N–H and O–H groups in total. The van der Waals surface area contributed by atoms with Crippen molar-refractivity contribution in [1.29, 1.82) is 0 Å². The predicted octanol–water partition coefficient (Wildman–Crippen LogP) is 1.54. The lowest BCUT2D eigenvalue weighted by molar-refractivity contribution is -0.0117. The summed E-state index contributed by atoms with van der Waals surface area (Å²) >= 11 is 0. The SMILES string of the molecule is CC(C)OC1CCCn2nncc21. The Hall–Kier alpha value is -0.900. The van der Waals surface area contributed by atoms with Gasteiger partial charge >= 0.3 is 0 Å². The molecule has 0 radical (unpaired) electrons. The van der Waals surface area contributed by atoms with Crippen molar-refractivity contribution in [2.45, 2.75) is 45.4 Å². The Balaban J connectivity index is 2.15. The minimum atomic E-state index is 0.198. The second kappa shape index (κ2) is 3.46. The number of aromatic nitrogens is 3. The van der Waals surface area contributed by atoms with E-state index in [4.69, 9.17) is 4.74 Å². The van der Waals surface area contributed by atoms with Crippen LogP contribution in [-0.2, 0) is 11.3 Å². The van der Waals surface area contributed by atoms with Gasteiger partial charge in [-0.15, -0.1) is 5.10 Å². The van der Waals surface area contributed by atoms with Gasteiger partial charge in [0.15, 0.2) is 0 Å². The van der Waals surface area contributed by atoms with Gasteiger partial charge in [-0.1, -0.05) is 5.21 Å². The lowest BCUT2D eigenvalue weighted by Crippen LogP contribution is -2.20. The molecule has 72 valence electrons. The Labute approximate surface area is 77.9 Å². The van der Waals surface area contributed by atoms with Crippen molar-refractivity contribution in [3.63, 3.8) is 0 Å². The maximum absolute atomic E-state index is 5.78. The first-order valence-corrected chi connectivity index (χ1v) is 4.81. The first kappa shape index (κ1) is 8.69. The normalized spacial score (nSPS) is 21.9. The number of rotatable bonds is 2. The highest BCUT2D eigenvalue weighted by Gasteiger charge is 2.22. The quantitative estimate of drug-likeness (QED) is 0.694. The molecule has 0 saturated heterocycles. The Kier molecular flexibility index (Phi) is 2.31. The summed E-state index contributed by atoms with van der Waals surface area (Å²) in [4.78, 5) is 0. The molecule has 2 heterocycles. The molecule has 0 fully saturated rings. The number of fused-ring (bicyclic) bond motifs is 1. The second-order valence-electron chi connectivity index (χ2n) is 3.70. The molecule has 2 rings (SSSR count). The standard InChI is InChI=1S/C9H15N3O/c1-7(2)13-9-4-3-5-12-8(9)6-10-11-12/h6-7,9H,3-5H2,1-2H3. The van der Waals surface area contributed by atoms with Crippen LogP contribution in [0.5, 0.6) is 0 Å². The maximum atomic E-state index is 5.78. The minimum Gasteiger partial charge on any atom is -0.369 e. The largest absolute Gasteiger partial charge is 0.369 e. The molecule has 1 aromatic heterocycles. The molecule has 1 aromatic rings. The molecule has 4 nitrogen and oxygen atoms in total. The summed E-state index contributed by atoms with van der Waals surface area (Å²) in [6, 6.07) is 0. The average Bonchev–Trinajstić information content (AvgIpc) is 2.51. The van der Waals surface area contributed by atoms with E-state index in [1.165, 1.54) is 0 Å². The summed E-state index contributed by atoms with van der Waals surface area (Å²) < 4.78 is 7.72. The predicted molar refractivity (Wildman–Crippen MR) is 48.2 cm³/mol. The van der Waals surface area contributed by atoms with E-state index in [0.717, 1.165) is 25.1 Å². The first-order chi connectivity index (χ1) is 6.27. The van der Waals surface area contributed by atoms with E-state index >= 15 is 0 Å². The van der Waals surface area contributed by atoms with Crippen LogP contribution >= 0.6 is 0 Å². The van der Waals surface area contributed by atoms with Crippen LogP contribution in [0.4, 0.5) is 0 Å².